The average Bonchev–Trinajstić information content (AvgIpc) is 2.62. The Morgan fingerprint density at radius 1 is 1.08 bits per heavy atom. The molecule has 0 aliphatic rings. The fourth-order valence-corrected chi connectivity index (χ4v) is 2.40. The van der Waals surface area contributed by atoms with Crippen LogP contribution in [0.4, 0.5) is 4.39 Å². The molecule has 2 amide bonds. The molecular weight excluding hydrogens is 382 g/mol. The molecule has 138 valence electrons. The molecule has 0 aliphatic carbocycles. The van der Waals surface area contributed by atoms with Gasteiger partial charge in [0.15, 0.2) is 6.10 Å². The summed E-state index contributed by atoms with van der Waals surface area (Å²) >= 11 is 11.9. The summed E-state index contributed by atoms with van der Waals surface area (Å²) in [5, 5.41) is 5.69. The molecule has 26 heavy (non-hydrogen) atoms. The van der Waals surface area contributed by atoms with E-state index in [0.717, 1.165) is 0 Å². The minimum Gasteiger partial charge on any atom is -0.479 e. The maximum absolute atomic E-state index is 13.5. The molecule has 2 rings (SSSR count). The first-order valence-electron chi connectivity index (χ1n) is 7.81. The number of benzene rings is 2. The first-order chi connectivity index (χ1) is 12.4. The summed E-state index contributed by atoms with van der Waals surface area (Å²) in [6, 6.07) is 10.5. The summed E-state index contributed by atoms with van der Waals surface area (Å²) in [5.41, 5.74) is -0.0499. The Kier molecular flexibility index (Phi) is 7.24. The minimum absolute atomic E-state index is 0.0499. The fourth-order valence-electron chi connectivity index (χ4n) is 2.07. The highest BCUT2D eigenvalue weighted by Gasteiger charge is 2.17. The lowest BCUT2D eigenvalue weighted by Gasteiger charge is -2.16. The maximum atomic E-state index is 13.5. The highest BCUT2D eigenvalue weighted by atomic mass is 35.5. The largest absolute Gasteiger partial charge is 0.479 e. The third-order valence-corrected chi connectivity index (χ3v) is 4.22. The standard InChI is InChI=1S/C18H17Cl2FN2O3/c1-11(26-15-8-4-6-13(19)16(15)20)17(24)22-9-10-23-18(25)12-5-2-3-7-14(12)21/h2-8,11H,9-10H2,1H3,(H,22,24)(H,23,25). The van der Waals surface area contributed by atoms with Crippen LogP contribution in [0.3, 0.4) is 0 Å². The lowest BCUT2D eigenvalue weighted by molar-refractivity contribution is -0.127. The zero-order valence-corrected chi connectivity index (χ0v) is 15.4. The van der Waals surface area contributed by atoms with E-state index in [1.165, 1.54) is 18.2 Å². The molecule has 0 saturated carbocycles. The maximum Gasteiger partial charge on any atom is 0.260 e. The summed E-state index contributed by atoms with van der Waals surface area (Å²) in [4.78, 5) is 23.9. The van der Waals surface area contributed by atoms with Gasteiger partial charge in [-0.25, -0.2) is 4.39 Å². The van der Waals surface area contributed by atoms with Crippen molar-refractivity contribution in [3.63, 3.8) is 0 Å². The molecule has 2 N–H and O–H groups in total. The molecule has 0 fully saturated rings. The first kappa shape index (κ1) is 20.0. The predicted octanol–water partition coefficient (Wildman–Crippen LogP) is 3.45. The molecule has 2 aromatic carbocycles. The van der Waals surface area contributed by atoms with E-state index in [1.54, 1.807) is 31.2 Å². The van der Waals surface area contributed by atoms with Gasteiger partial charge in [-0.2, -0.15) is 0 Å². The van der Waals surface area contributed by atoms with Gasteiger partial charge in [0.25, 0.3) is 11.8 Å². The molecular formula is C18H17Cl2FN2O3. The topological polar surface area (TPSA) is 67.4 Å². The second-order valence-corrected chi connectivity index (χ2v) is 6.12. The zero-order valence-electron chi connectivity index (χ0n) is 13.9. The van der Waals surface area contributed by atoms with Gasteiger partial charge in [-0.3, -0.25) is 9.59 Å². The fraction of sp³-hybridized carbons (Fsp3) is 0.222. The number of nitrogens with one attached hydrogen (secondary N) is 2. The lowest BCUT2D eigenvalue weighted by Crippen LogP contribution is -2.40. The van der Waals surface area contributed by atoms with Crippen LogP contribution < -0.4 is 15.4 Å². The molecule has 0 heterocycles. The van der Waals surface area contributed by atoms with Gasteiger partial charge < -0.3 is 15.4 Å². The van der Waals surface area contributed by atoms with Crippen LogP contribution in [0.5, 0.6) is 5.75 Å². The Labute approximate surface area is 160 Å². The number of rotatable bonds is 7. The molecule has 8 heteroatoms. The van der Waals surface area contributed by atoms with Gasteiger partial charge in [0.05, 0.1) is 10.6 Å². The van der Waals surface area contributed by atoms with Gasteiger partial charge in [-0.1, -0.05) is 41.4 Å². The normalized spacial score (nSPS) is 11.5. The van der Waals surface area contributed by atoms with Gasteiger partial charge in [-0.05, 0) is 31.2 Å². The van der Waals surface area contributed by atoms with Crippen LogP contribution in [0.2, 0.25) is 10.0 Å². The van der Waals surface area contributed by atoms with Crippen molar-refractivity contribution in [3.05, 3.63) is 63.9 Å². The van der Waals surface area contributed by atoms with E-state index >= 15 is 0 Å². The van der Waals surface area contributed by atoms with Crippen LogP contribution in [-0.4, -0.2) is 31.0 Å². The Morgan fingerprint density at radius 3 is 2.50 bits per heavy atom. The van der Waals surface area contributed by atoms with Gasteiger partial charge >= 0.3 is 0 Å². The van der Waals surface area contributed by atoms with Crippen LogP contribution in [0, 0.1) is 5.82 Å². The average molecular weight is 399 g/mol. The van der Waals surface area contributed by atoms with Crippen molar-refractivity contribution in [2.75, 3.05) is 13.1 Å². The number of carbonyl (C=O) groups excluding carboxylic acids is 2. The van der Waals surface area contributed by atoms with E-state index in [0.29, 0.717) is 10.8 Å². The number of halogens is 3. The number of hydrogen-bond donors (Lipinski definition) is 2. The van der Waals surface area contributed by atoms with Crippen LogP contribution in [0.1, 0.15) is 17.3 Å². The second-order valence-electron chi connectivity index (χ2n) is 5.34. The van der Waals surface area contributed by atoms with Crippen molar-refractivity contribution >= 4 is 35.0 Å². The quantitative estimate of drug-likeness (QED) is 0.701. The molecule has 0 radical (unpaired) electrons. The van der Waals surface area contributed by atoms with Crippen molar-refractivity contribution in [2.24, 2.45) is 0 Å². The summed E-state index contributed by atoms with van der Waals surface area (Å²) in [6.07, 6.45) is -0.812. The summed E-state index contributed by atoms with van der Waals surface area (Å²) in [7, 11) is 0. The van der Waals surface area contributed by atoms with Crippen LogP contribution in [-0.2, 0) is 4.79 Å². The van der Waals surface area contributed by atoms with Crippen LogP contribution in [0.15, 0.2) is 42.5 Å². The highest BCUT2D eigenvalue weighted by molar-refractivity contribution is 6.42. The smallest absolute Gasteiger partial charge is 0.260 e. The molecule has 1 unspecified atom stereocenters. The van der Waals surface area contributed by atoms with Crippen LogP contribution >= 0.6 is 23.2 Å². The molecule has 0 aromatic heterocycles. The van der Waals surface area contributed by atoms with Crippen molar-refractivity contribution in [1.82, 2.24) is 10.6 Å². The van der Waals surface area contributed by atoms with Gasteiger partial charge in [0.2, 0.25) is 0 Å². The molecule has 0 aliphatic heterocycles. The molecule has 1 atom stereocenters. The highest BCUT2D eigenvalue weighted by Crippen LogP contribution is 2.32. The number of carbonyl (C=O) groups is 2. The Hall–Kier alpha value is -2.31. The number of amides is 2. The van der Waals surface area contributed by atoms with E-state index in [2.05, 4.69) is 10.6 Å². The molecule has 0 saturated heterocycles. The zero-order chi connectivity index (χ0) is 19.1. The van der Waals surface area contributed by atoms with Crippen LogP contribution in [0.25, 0.3) is 0 Å². The van der Waals surface area contributed by atoms with Crippen molar-refractivity contribution in [2.45, 2.75) is 13.0 Å². The van der Waals surface area contributed by atoms with E-state index in [4.69, 9.17) is 27.9 Å². The monoisotopic (exact) mass is 398 g/mol. The van der Waals surface area contributed by atoms with E-state index in [9.17, 15) is 14.0 Å². The van der Waals surface area contributed by atoms with Crippen molar-refractivity contribution in [1.29, 1.82) is 0 Å². The minimum atomic E-state index is -0.812. The lowest BCUT2D eigenvalue weighted by atomic mass is 10.2. The second kappa shape index (κ2) is 9.40. The van der Waals surface area contributed by atoms with E-state index in [-0.39, 0.29) is 29.6 Å². The third kappa shape index (κ3) is 5.34. The van der Waals surface area contributed by atoms with Gasteiger partial charge in [-0.15, -0.1) is 0 Å². The van der Waals surface area contributed by atoms with E-state index in [1.807, 2.05) is 0 Å². The van der Waals surface area contributed by atoms with Crippen molar-refractivity contribution < 1.29 is 18.7 Å². The summed E-state index contributed by atoms with van der Waals surface area (Å²) < 4.78 is 19.0. The molecule has 0 bridgehead atoms. The van der Waals surface area contributed by atoms with Crippen molar-refractivity contribution in [3.8, 4) is 5.75 Å². The van der Waals surface area contributed by atoms with Gasteiger partial charge in [0.1, 0.15) is 16.6 Å². The summed E-state index contributed by atoms with van der Waals surface area (Å²) in [5.74, 6) is -1.24. The predicted molar refractivity (Wildman–Crippen MR) is 98.3 cm³/mol. The Bertz CT molecular complexity index is 802. The Balaban J connectivity index is 1.77. The summed E-state index contributed by atoms with van der Waals surface area (Å²) in [6.45, 7) is 1.87. The third-order valence-electron chi connectivity index (χ3n) is 3.42. The van der Waals surface area contributed by atoms with E-state index < -0.39 is 17.8 Å². The molecule has 2 aromatic rings. The van der Waals surface area contributed by atoms with Gasteiger partial charge in [0, 0.05) is 13.1 Å². The SMILES string of the molecule is CC(Oc1cccc(Cl)c1Cl)C(=O)NCCNC(=O)c1ccccc1F. The Morgan fingerprint density at radius 2 is 1.77 bits per heavy atom. The number of hydrogen-bond acceptors (Lipinski definition) is 3. The number of ether oxygens (including phenoxy) is 1. The molecule has 0 spiro atoms. The first-order valence-corrected chi connectivity index (χ1v) is 8.57. The molecule has 5 nitrogen and oxygen atoms in total.